The molecular formula is C9H21N3O4S2. The van der Waals surface area contributed by atoms with Crippen molar-refractivity contribution in [3.63, 3.8) is 0 Å². The van der Waals surface area contributed by atoms with Crippen LogP contribution in [0.25, 0.3) is 0 Å². The number of piperidine rings is 1. The van der Waals surface area contributed by atoms with E-state index in [4.69, 9.17) is 5.14 Å². The van der Waals surface area contributed by atoms with Gasteiger partial charge in [-0.3, -0.25) is 0 Å². The zero-order chi connectivity index (χ0) is 14.0. The van der Waals surface area contributed by atoms with Gasteiger partial charge in [0.25, 0.3) is 10.2 Å². The zero-order valence-electron chi connectivity index (χ0n) is 10.7. The summed E-state index contributed by atoms with van der Waals surface area (Å²) in [6.07, 6.45) is 1.54. The number of sulfonamides is 1. The first-order valence-electron chi connectivity index (χ1n) is 5.89. The van der Waals surface area contributed by atoms with Crippen LogP contribution in [0.5, 0.6) is 0 Å². The fourth-order valence-electron chi connectivity index (χ4n) is 1.96. The molecule has 0 aromatic carbocycles. The summed E-state index contributed by atoms with van der Waals surface area (Å²) in [4.78, 5) is 0. The fourth-order valence-corrected chi connectivity index (χ4v) is 3.82. The number of hydrogen-bond donors (Lipinski definition) is 2. The highest BCUT2D eigenvalue weighted by Gasteiger charge is 2.31. The highest BCUT2D eigenvalue weighted by atomic mass is 32.2. The maximum atomic E-state index is 12.0. The Morgan fingerprint density at radius 2 is 1.94 bits per heavy atom. The molecule has 1 atom stereocenters. The minimum atomic E-state index is -3.71. The van der Waals surface area contributed by atoms with Gasteiger partial charge < -0.3 is 0 Å². The van der Waals surface area contributed by atoms with Crippen molar-refractivity contribution in [2.24, 2.45) is 11.1 Å². The first kappa shape index (κ1) is 15.8. The lowest BCUT2D eigenvalue weighted by atomic mass is 10.0. The Morgan fingerprint density at radius 1 is 1.33 bits per heavy atom. The lowest BCUT2D eigenvalue weighted by Crippen LogP contribution is -2.46. The van der Waals surface area contributed by atoms with Crippen molar-refractivity contribution in [3.05, 3.63) is 0 Å². The van der Waals surface area contributed by atoms with Gasteiger partial charge in [0.05, 0.1) is 5.25 Å². The molecule has 0 aromatic heterocycles. The molecule has 9 heteroatoms. The first-order chi connectivity index (χ1) is 8.13. The zero-order valence-corrected chi connectivity index (χ0v) is 12.3. The quantitative estimate of drug-likeness (QED) is 0.694. The number of rotatable bonds is 5. The molecule has 0 aliphatic carbocycles. The Morgan fingerprint density at radius 3 is 2.44 bits per heavy atom. The summed E-state index contributed by atoms with van der Waals surface area (Å²) in [5, 5.41) is 4.39. The molecule has 1 unspecified atom stereocenters. The van der Waals surface area contributed by atoms with Gasteiger partial charge in [0.1, 0.15) is 0 Å². The highest BCUT2D eigenvalue weighted by Crippen LogP contribution is 2.20. The van der Waals surface area contributed by atoms with Crippen LogP contribution in [0.15, 0.2) is 0 Å². The fraction of sp³-hybridized carbons (Fsp3) is 1.00. The van der Waals surface area contributed by atoms with Crippen LogP contribution in [0.1, 0.15) is 26.7 Å². The maximum Gasteiger partial charge on any atom is 0.274 e. The third-order valence-electron chi connectivity index (χ3n) is 3.01. The van der Waals surface area contributed by atoms with E-state index in [0.717, 1.165) is 12.8 Å². The van der Waals surface area contributed by atoms with E-state index in [1.807, 2.05) is 0 Å². The molecule has 3 N–H and O–H groups in total. The molecular weight excluding hydrogens is 278 g/mol. The molecule has 0 saturated carbocycles. The average Bonchev–Trinajstić information content (AvgIpc) is 2.25. The van der Waals surface area contributed by atoms with Crippen molar-refractivity contribution < 1.29 is 16.8 Å². The molecule has 108 valence electrons. The van der Waals surface area contributed by atoms with Crippen LogP contribution < -0.4 is 9.86 Å². The van der Waals surface area contributed by atoms with E-state index < -0.39 is 25.5 Å². The molecule has 0 spiro atoms. The SMILES string of the molecule is CC(C)S(=O)(=O)N1CCCC(CNS(N)(=O)=O)C1. The lowest BCUT2D eigenvalue weighted by molar-refractivity contribution is 0.266. The van der Waals surface area contributed by atoms with Gasteiger partial charge in [-0.2, -0.15) is 8.42 Å². The van der Waals surface area contributed by atoms with Crippen LogP contribution >= 0.6 is 0 Å². The summed E-state index contributed by atoms with van der Waals surface area (Å²) >= 11 is 0. The molecule has 7 nitrogen and oxygen atoms in total. The number of hydrogen-bond acceptors (Lipinski definition) is 4. The van der Waals surface area contributed by atoms with Crippen LogP contribution in [-0.2, 0) is 20.2 Å². The summed E-state index contributed by atoms with van der Waals surface area (Å²) in [7, 11) is -6.97. The second-order valence-corrected chi connectivity index (χ2v) is 8.72. The Kier molecular flexibility index (Phi) is 5.13. The van der Waals surface area contributed by atoms with E-state index in [-0.39, 0.29) is 12.5 Å². The number of nitrogens with two attached hydrogens (primary N) is 1. The second kappa shape index (κ2) is 5.83. The van der Waals surface area contributed by atoms with Gasteiger partial charge in [-0.15, -0.1) is 0 Å². The van der Waals surface area contributed by atoms with Crippen molar-refractivity contribution in [2.45, 2.75) is 31.9 Å². The monoisotopic (exact) mass is 299 g/mol. The van der Waals surface area contributed by atoms with Crippen molar-refractivity contribution in [1.82, 2.24) is 9.03 Å². The predicted molar refractivity (Wildman–Crippen MR) is 69.5 cm³/mol. The summed E-state index contributed by atoms with van der Waals surface area (Å²) in [5.41, 5.74) is 0. The summed E-state index contributed by atoms with van der Waals surface area (Å²) in [6, 6.07) is 0. The summed E-state index contributed by atoms with van der Waals surface area (Å²) in [5.74, 6) is -0.0226. The van der Waals surface area contributed by atoms with Gasteiger partial charge in [0, 0.05) is 19.6 Å². The molecule has 0 radical (unpaired) electrons. The average molecular weight is 299 g/mol. The van der Waals surface area contributed by atoms with Crippen LogP contribution in [0.4, 0.5) is 0 Å². The van der Waals surface area contributed by atoms with Crippen LogP contribution in [0, 0.1) is 5.92 Å². The topological polar surface area (TPSA) is 110 Å². The molecule has 0 aromatic rings. The van der Waals surface area contributed by atoms with E-state index in [0.29, 0.717) is 13.1 Å². The number of nitrogens with one attached hydrogen (secondary N) is 1. The van der Waals surface area contributed by atoms with Gasteiger partial charge in [0.15, 0.2) is 0 Å². The molecule has 0 bridgehead atoms. The maximum absolute atomic E-state index is 12.0. The van der Waals surface area contributed by atoms with Crippen molar-refractivity contribution >= 4 is 20.2 Å². The van der Waals surface area contributed by atoms with Gasteiger partial charge >= 0.3 is 0 Å². The highest BCUT2D eigenvalue weighted by molar-refractivity contribution is 7.89. The molecule has 1 saturated heterocycles. The smallest absolute Gasteiger partial charge is 0.216 e. The Balaban J connectivity index is 2.62. The third-order valence-corrected chi connectivity index (χ3v) is 5.82. The van der Waals surface area contributed by atoms with Crippen molar-refractivity contribution in [1.29, 1.82) is 0 Å². The molecule has 1 aliphatic rings. The van der Waals surface area contributed by atoms with Crippen LogP contribution in [0.2, 0.25) is 0 Å². The lowest BCUT2D eigenvalue weighted by Gasteiger charge is -2.33. The minimum Gasteiger partial charge on any atom is -0.216 e. The van der Waals surface area contributed by atoms with E-state index in [1.54, 1.807) is 13.8 Å². The molecule has 1 rings (SSSR count). The number of nitrogens with zero attached hydrogens (tertiary/aromatic N) is 1. The molecule has 0 amide bonds. The van der Waals surface area contributed by atoms with Crippen LogP contribution in [0.3, 0.4) is 0 Å². The van der Waals surface area contributed by atoms with Crippen molar-refractivity contribution in [3.8, 4) is 0 Å². The summed E-state index contributed by atoms with van der Waals surface area (Å²) in [6.45, 7) is 4.32. The first-order valence-corrected chi connectivity index (χ1v) is 8.94. The standard InChI is InChI=1S/C9H21N3O4S2/c1-8(2)17(13,14)12-5-3-4-9(7-12)6-11-18(10,15)16/h8-9,11H,3-7H2,1-2H3,(H2,10,15,16). The van der Waals surface area contributed by atoms with Crippen LogP contribution in [-0.4, -0.2) is 46.0 Å². The summed E-state index contributed by atoms with van der Waals surface area (Å²) < 4.78 is 49.2. The van der Waals surface area contributed by atoms with Crippen molar-refractivity contribution in [2.75, 3.05) is 19.6 Å². The Bertz CT molecular complexity index is 472. The molecule has 18 heavy (non-hydrogen) atoms. The van der Waals surface area contributed by atoms with E-state index >= 15 is 0 Å². The predicted octanol–water partition coefficient (Wildman–Crippen LogP) is -0.770. The normalized spacial score (nSPS) is 23.4. The molecule has 1 fully saturated rings. The Labute approximate surface area is 109 Å². The third kappa shape index (κ3) is 4.47. The van der Waals surface area contributed by atoms with Gasteiger partial charge in [0.2, 0.25) is 10.0 Å². The minimum absolute atomic E-state index is 0.0226. The van der Waals surface area contributed by atoms with Gasteiger partial charge in [-0.05, 0) is 32.6 Å². The van der Waals surface area contributed by atoms with E-state index in [1.165, 1.54) is 4.31 Å². The van der Waals surface area contributed by atoms with E-state index in [2.05, 4.69) is 4.72 Å². The Hall–Kier alpha value is -0.220. The largest absolute Gasteiger partial charge is 0.274 e. The molecule has 1 heterocycles. The molecule has 1 aliphatic heterocycles. The van der Waals surface area contributed by atoms with E-state index in [9.17, 15) is 16.8 Å². The second-order valence-electron chi connectivity index (χ2n) is 4.85. The van der Waals surface area contributed by atoms with Gasteiger partial charge in [-0.1, -0.05) is 0 Å². The van der Waals surface area contributed by atoms with Gasteiger partial charge in [-0.25, -0.2) is 22.6 Å².